The SMILES string of the molecule is CCC(CC)OC(=O)[C@H](C)[C@H](CC)OC1CCCCO1. The highest BCUT2D eigenvalue weighted by molar-refractivity contribution is 5.72. The third kappa shape index (κ3) is 5.41. The van der Waals surface area contributed by atoms with Crippen molar-refractivity contribution in [3.8, 4) is 0 Å². The van der Waals surface area contributed by atoms with Crippen molar-refractivity contribution in [1.82, 2.24) is 0 Å². The minimum absolute atomic E-state index is 0.0217. The Balaban J connectivity index is 2.47. The van der Waals surface area contributed by atoms with Gasteiger partial charge in [0.25, 0.3) is 0 Å². The van der Waals surface area contributed by atoms with Crippen LogP contribution in [0.1, 0.15) is 66.2 Å². The zero-order valence-corrected chi connectivity index (χ0v) is 13.4. The van der Waals surface area contributed by atoms with Crippen LogP contribution in [0.3, 0.4) is 0 Å². The molecule has 0 N–H and O–H groups in total. The molecule has 1 heterocycles. The summed E-state index contributed by atoms with van der Waals surface area (Å²) >= 11 is 0. The van der Waals surface area contributed by atoms with E-state index in [1.54, 1.807) is 0 Å². The minimum atomic E-state index is -0.244. The summed E-state index contributed by atoms with van der Waals surface area (Å²) in [6, 6.07) is 0. The molecular formula is C16H30O4. The van der Waals surface area contributed by atoms with Crippen LogP contribution in [0, 0.1) is 5.92 Å². The zero-order chi connectivity index (χ0) is 15.0. The smallest absolute Gasteiger partial charge is 0.311 e. The fourth-order valence-corrected chi connectivity index (χ4v) is 2.46. The summed E-state index contributed by atoms with van der Waals surface area (Å²) in [6.07, 6.45) is 5.40. The maximum Gasteiger partial charge on any atom is 0.311 e. The molecule has 0 aromatic carbocycles. The molecule has 4 nitrogen and oxygen atoms in total. The third-order valence-corrected chi connectivity index (χ3v) is 3.99. The van der Waals surface area contributed by atoms with Crippen LogP contribution in [0.25, 0.3) is 0 Å². The lowest BCUT2D eigenvalue weighted by Crippen LogP contribution is -2.36. The zero-order valence-electron chi connectivity index (χ0n) is 13.4. The van der Waals surface area contributed by atoms with Crippen molar-refractivity contribution in [1.29, 1.82) is 0 Å². The molecule has 0 amide bonds. The maximum absolute atomic E-state index is 12.2. The molecule has 1 unspecified atom stereocenters. The first-order valence-electron chi connectivity index (χ1n) is 8.09. The first-order valence-corrected chi connectivity index (χ1v) is 8.09. The van der Waals surface area contributed by atoms with Gasteiger partial charge in [0.05, 0.1) is 12.0 Å². The molecule has 0 radical (unpaired) electrons. The van der Waals surface area contributed by atoms with Crippen molar-refractivity contribution in [3.63, 3.8) is 0 Å². The molecule has 20 heavy (non-hydrogen) atoms. The predicted molar refractivity (Wildman–Crippen MR) is 78.4 cm³/mol. The molecule has 0 saturated carbocycles. The van der Waals surface area contributed by atoms with Crippen LogP contribution in [0.2, 0.25) is 0 Å². The molecule has 1 rings (SSSR count). The van der Waals surface area contributed by atoms with Gasteiger partial charge in [0.1, 0.15) is 6.10 Å². The Hall–Kier alpha value is -0.610. The van der Waals surface area contributed by atoms with Gasteiger partial charge in [0.15, 0.2) is 6.29 Å². The molecule has 1 aliphatic heterocycles. The third-order valence-electron chi connectivity index (χ3n) is 3.99. The highest BCUT2D eigenvalue weighted by Crippen LogP contribution is 2.22. The fraction of sp³-hybridized carbons (Fsp3) is 0.938. The Morgan fingerprint density at radius 2 is 1.90 bits per heavy atom. The van der Waals surface area contributed by atoms with Gasteiger partial charge in [-0.25, -0.2) is 0 Å². The molecule has 4 heteroatoms. The predicted octanol–water partition coefficient (Wildman–Crippen LogP) is 3.68. The Labute approximate surface area is 123 Å². The average Bonchev–Trinajstić information content (AvgIpc) is 2.50. The fourth-order valence-electron chi connectivity index (χ4n) is 2.46. The molecule has 1 aliphatic rings. The van der Waals surface area contributed by atoms with Crippen LogP contribution in [0.15, 0.2) is 0 Å². The number of ether oxygens (including phenoxy) is 3. The molecule has 0 aliphatic carbocycles. The van der Waals surface area contributed by atoms with E-state index in [1.165, 1.54) is 0 Å². The second kappa shape index (κ2) is 9.35. The molecule has 1 fully saturated rings. The minimum Gasteiger partial charge on any atom is -0.462 e. The highest BCUT2D eigenvalue weighted by atomic mass is 16.7. The van der Waals surface area contributed by atoms with Crippen molar-refractivity contribution in [2.45, 2.75) is 84.7 Å². The summed E-state index contributed by atoms with van der Waals surface area (Å²) in [6.45, 7) is 8.76. The van der Waals surface area contributed by atoms with Gasteiger partial charge in [0.2, 0.25) is 0 Å². The highest BCUT2D eigenvalue weighted by Gasteiger charge is 2.29. The monoisotopic (exact) mass is 286 g/mol. The summed E-state index contributed by atoms with van der Waals surface area (Å²) in [5.74, 6) is -0.396. The van der Waals surface area contributed by atoms with E-state index < -0.39 is 0 Å². The topological polar surface area (TPSA) is 44.8 Å². The summed E-state index contributed by atoms with van der Waals surface area (Å²) in [5.41, 5.74) is 0. The molecule has 0 aromatic rings. The number of hydrogen-bond donors (Lipinski definition) is 0. The van der Waals surface area contributed by atoms with E-state index in [2.05, 4.69) is 0 Å². The van der Waals surface area contributed by atoms with Crippen molar-refractivity contribution in [3.05, 3.63) is 0 Å². The van der Waals surface area contributed by atoms with Gasteiger partial charge in [-0.2, -0.15) is 0 Å². The van der Waals surface area contributed by atoms with Gasteiger partial charge in [-0.15, -0.1) is 0 Å². The Morgan fingerprint density at radius 1 is 1.20 bits per heavy atom. The van der Waals surface area contributed by atoms with Gasteiger partial charge >= 0.3 is 5.97 Å². The molecule has 0 aromatic heterocycles. The van der Waals surface area contributed by atoms with Crippen LogP contribution >= 0.6 is 0 Å². The number of rotatable bonds is 8. The Morgan fingerprint density at radius 3 is 2.40 bits per heavy atom. The normalized spacial score (nSPS) is 22.6. The van der Waals surface area contributed by atoms with Crippen molar-refractivity contribution >= 4 is 5.97 Å². The van der Waals surface area contributed by atoms with E-state index in [0.717, 1.165) is 45.1 Å². The van der Waals surface area contributed by atoms with Gasteiger partial charge in [0, 0.05) is 6.61 Å². The maximum atomic E-state index is 12.2. The number of hydrogen-bond acceptors (Lipinski definition) is 4. The largest absolute Gasteiger partial charge is 0.462 e. The number of esters is 1. The van der Waals surface area contributed by atoms with E-state index in [-0.39, 0.29) is 30.4 Å². The van der Waals surface area contributed by atoms with Crippen molar-refractivity contribution in [2.24, 2.45) is 5.92 Å². The van der Waals surface area contributed by atoms with Gasteiger partial charge in [-0.05, 0) is 45.4 Å². The van der Waals surface area contributed by atoms with Crippen LogP contribution in [0.4, 0.5) is 0 Å². The second-order valence-corrected chi connectivity index (χ2v) is 5.54. The lowest BCUT2D eigenvalue weighted by molar-refractivity contribution is -0.204. The quantitative estimate of drug-likeness (QED) is 0.639. The molecule has 3 atom stereocenters. The van der Waals surface area contributed by atoms with E-state index in [9.17, 15) is 4.79 Å². The molecule has 0 bridgehead atoms. The molecule has 118 valence electrons. The summed E-state index contributed by atoms with van der Waals surface area (Å²) in [7, 11) is 0. The van der Waals surface area contributed by atoms with Gasteiger partial charge in [-0.1, -0.05) is 20.8 Å². The summed E-state index contributed by atoms with van der Waals surface area (Å²) < 4.78 is 17.1. The van der Waals surface area contributed by atoms with Crippen LogP contribution in [0.5, 0.6) is 0 Å². The van der Waals surface area contributed by atoms with Gasteiger partial charge in [-0.3, -0.25) is 4.79 Å². The van der Waals surface area contributed by atoms with Crippen molar-refractivity contribution in [2.75, 3.05) is 6.61 Å². The summed E-state index contributed by atoms with van der Waals surface area (Å²) in [4.78, 5) is 12.2. The first-order chi connectivity index (χ1) is 9.62. The van der Waals surface area contributed by atoms with Gasteiger partial charge < -0.3 is 14.2 Å². The van der Waals surface area contributed by atoms with E-state index in [1.807, 2.05) is 27.7 Å². The molecular weight excluding hydrogens is 256 g/mol. The van der Waals surface area contributed by atoms with E-state index in [4.69, 9.17) is 14.2 Å². The average molecular weight is 286 g/mol. The van der Waals surface area contributed by atoms with Crippen LogP contribution in [-0.4, -0.2) is 31.1 Å². The lowest BCUT2D eigenvalue weighted by Gasteiger charge is -2.30. The van der Waals surface area contributed by atoms with E-state index >= 15 is 0 Å². The lowest BCUT2D eigenvalue weighted by atomic mass is 10.0. The standard InChI is InChI=1S/C16H30O4/c1-5-13(6-2)19-16(17)12(4)14(7-3)20-15-10-8-9-11-18-15/h12-15H,5-11H2,1-4H3/t12-,14+,15?/m1/s1. The molecule has 1 saturated heterocycles. The number of carbonyl (C=O) groups excluding carboxylic acids is 1. The summed E-state index contributed by atoms with van der Waals surface area (Å²) in [5, 5.41) is 0. The van der Waals surface area contributed by atoms with Crippen LogP contribution in [-0.2, 0) is 19.0 Å². The second-order valence-electron chi connectivity index (χ2n) is 5.54. The Kier molecular flexibility index (Phi) is 8.15. The number of carbonyl (C=O) groups is 1. The molecule has 0 spiro atoms. The van der Waals surface area contributed by atoms with Crippen LogP contribution < -0.4 is 0 Å². The first kappa shape index (κ1) is 17.4. The van der Waals surface area contributed by atoms with Crippen molar-refractivity contribution < 1.29 is 19.0 Å². The Bertz CT molecular complexity index is 270. The van der Waals surface area contributed by atoms with E-state index in [0.29, 0.717) is 0 Å².